The normalized spacial score (nSPS) is 11.6. The average molecular weight is 301 g/mol. The summed E-state index contributed by atoms with van der Waals surface area (Å²) < 4.78 is 37.6. The van der Waals surface area contributed by atoms with Crippen LogP contribution in [0.1, 0.15) is 18.4 Å². The van der Waals surface area contributed by atoms with Gasteiger partial charge in [-0.3, -0.25) is 14.7 Å². The molecule has 0 aliphatic heterocycles. The lowest BCUT2D eigenvalue weighted by Crippen LogP contribution is -2.13. The van der Waals surface area contributed by atoms with Crippen LogP contribution in [-0.2, 0) is 15.8 Å². The number of carbonyl (C=O) groups excluding carboxylic acids is 1. The van der Waals surface area contributed by atoms with E-state index >= 15 is 0 Å². The van der Waals surface area contributed by atoms with Crippen LogP contribution in [0.3, 0.4) is 0 Å². The zero-order valence-electron chi connectivity index (χ0n) is 10.5. The molecular formula is C12H10F3N3O3. The predicted octanol–water partition coefficient (Wildman–Crippen LogP) is 2.39. The molecule has 0 aliphatic carbocycles. The molecule has 2 aromatic rings. The Morgan fingerprint density at radius 3 is 2.62 bits per heavy atom. The summed E-state index contributed by atoms with van der Waals surface area (Å²) in [6.07, 6.45) is -5.05. The first-order valence-corrected chi connectivity index (χ1v) is 5.84. The number of amides is 1. The highest BCUT2D eigenvalue weighted by molar-refractivity contribution is 6.00. The van der Waals surface area contributed by atoms with Crippen molar-refractivity contribution in [2.24, 2.45) is 0 Å². The van der Waals surface area contributed by atoms with Gasteiger partial charge in [0.15, 0.2) is 5.82 Å². The second kappa shape index (κ2) is 5.43. The molecule has 0 saturated carbocycles. The number of carboxylic acid groups (broad SMARTS) is 1. The Labute approximate surface area is 115 Å². The number of nitrogens with zero attached hydrogens (tertiary/aromatic N) is 1. The molecule has 0 saturated heterocycles. The van der Waals surface area contributed by atoms with Gasteiger partial charge < -0.3 is 10.4 Å². The molecule has 0 aliphatic rings. The lowest BCUT2D eigenvalue weighted by molar-refractivity contribution is -0.138. The third-order valence-electron chi connectivity index (χ3n) is 2.71. The molecular weight excluding hydrogens is 291 g/mol. The van der Waals surface area contributed by atoms with Gasteiger partial charge in [-0.2, -0.15) is 18.3 Å². The van der Waals surface area contributed by atoms with Gasteiger partial charge >= 0.3 is 12.1 Å². The molecule has 9 heteroatoms. The largest absolute Gasteiger partial charge is 0.481 e. The zero-order valence-corrected chi connectivity index (χ0v) is 10.5. The molecule has 0 bridgehead atoms. The Hall–Kier alpha value is -2.58. The van der Waals surface area contributed by atoms with E-state index < -0.39 is 23.6 Å². The van der Waals surface area contributed by atoms with E-state index in [9.17, 15) is 22.8 Å². The van der Waals surface area contributed by atoms with Gasteiger partial charge in [0.05, 0.1) is 17.5 Å². The van der Waals surface area contributed by atoms with Crippen LogP contribution < -0.4 is 5.32 Å². The fourth-order valence-electron chi connectivity index (χ4n) is 1.71. The molecule has 0 unspecified atom stereocenters. The van der Waals surface area contributed by atoms with Crippen molar-refractivity contribution in [2.45, 2.75) is 19.0 Å². The Kier molecular flexibility index (Phi) is 3.83. The number of aliphatic carboxylic acids is 1. The maximum atomic E-state index is 12.5. The second-order valence-electron chi connectivity index (χ2n) is 4.27. The van der Waals surface area contributed by atoms with Crippen LogP contribution >= 0.6 is 0 Å². The minimum atomic E-state index is -4.47. The van der Waals surface area contributed by atoms with Gasteiger partial charge in [0, 0.05) is 11.8 Å². The molecule has 2 rings (SSSR count). The summed E-state index contributed by atoms with van der Waals surface area (Å²) in [5.41, 5.74) is -0.708. The maximum Gasteiger partial charge on any atom is 0.416 e. The number of hydrogen-bond acceptors (Lipinski definition) is 3. The lowest BCUT2D eigenvalue weighted by Gasteiger charge is -2.06. The average Bonchev–Trinajstić information content (AvgIpc) is 2.78. The molecule has 0 radical (unpaired) electrons. The van der Waals surface area contributed by atoms with Crippen LogP contribution in [0, 0.1) is 0 Å². The highest BCUT2D eigenvalue weighted by Crippen LogP contribution is 2.32. The van der Waals surface area contributed by atoms with Gasteiger partial charge in [0.1, 0.15) is 0 Å². The topological polar surface area (TPSA) is 95.1 Å². The van der Waals surface area contributed by atoms with Crippen molar-refractivity contribution in [1.82, 2.24) is 10.2 Å². The van der Waals surface area contributed by atoms with Crippen LogP contribution in [0.5, 0.6) is 0 Å². The van der Waals surface area contributed by atoms with Gasteiger partial charge in [0.2, 0.25) is 5.91 Å². The molecule has 21 heavy (non-hydrogen) atoms. The van der Waals surface area contributed by atoms with Crippen molar-refractivity contribution >= 4 is 28.6 Å². The summed E-state index contributed by atoms with van der Waals surface area (Å²) in [4.78, 5) is 21.8. The molecule has 3 N–H and O–H groups in total. The summed E-state index contributed by atoms with van der Waals surface area (Å²) >= 11 is 0. The van der Waals surface area contributed by atoms with Crippen molar-refractivity contribution in [3.05, 3.63) is 23.8 Å². The fraction of sp³-hybridized carbons (Fsp3) is 0.250. The quantitative estimate of drug-likeness (QED) is 0.808. The van der Waals surface area contributed by atoms with Crippen molar-refractivity contribution in [3.63, 3.8) is 0 Å². The number of H-pyrrole nitrogens is 1. The molecule has 0 spiro atoms. The van der Waals surface area contributed by atoms with Crippen molar-refractivity contribution in [3.8, 4) is 0 Å². The highest BCUT2D eigenvalue weighted by atomic mass is 19.4. The summed E-state index contributed by atoms with van der Waals surface area (Å²) in [7, 11) is 0. The van der Waals surface area contributed by atoms with Crippen LogP contribution in [0.2, 0.25) is 0 Å². The number of anilines is 1. The molecule has 1 aromatic heterocycles. The smallest absolute Gasteiger partial charge is 0.416 e. The summed E-state index contributed by atoms with van der Waals surface area (Å²) in [6, 6.07) is 2.95. The monoisotopic (exact) mass is 301 g/mol. The summed E-state index contributed by atoms with van der Waals surface area (Å²) in [5.74, 6) is -1.63. The van der Waals surface area contributed by atoms with Crippen molar-refractivity contribution < 1.29 is 27.9 Å². The number of rotatable bonds is 4. The van der Waals surface area contributed by atoms with E-state index in [2.05, 4.69) is 15.5 Å². The Bertz CT molecular complexity index is 694. The number of nitrogens with one attached hydrogen (secondary N) is 2. The fourth-order valence-corrected chi connectivity index (χ4v) is 1.71. The number of carbonyl (C=O) groups is 2. The SMILES string of the molecule is O=C(O)CCC(=O)Nc1n[nH]c2cc(C(F)(F)F)ccc12. The van der Waals surface area contributed by atoms with Crippen molar-refractivity contribution in [1.29, 1.82) is 0 Å². The molecule has 112 valence electrons. The van der Waals surface area contributed by atoms with Gasteiger partial charge in [-0.25, -0.2) is 0 Å². The van der Waals surface area contributed by atoms with Gasteiger partial charge in [-0.1, -0.05) is 0 Å². The third-order valence-corrected chi connectivity index (χ3v) is 2.71. The number of aromatic amines is 1. The molecule has 1 amide bonds. The van der Waals surface area contributed by atoms with Gasteiger partial charge in [-0.15, -0.1) is 0 Å². The second-order valence-corrected chi connectivity index (χ2v) is 4.27. The Morgan fingerprint density at radius 1 is 1.29 bits per heavy atom. The maximum absolute atomic E-state index is 12.5. The Balaban J connectivity index is 2.19. The minimum Gasteiger partial charge on any atom is -0.481 e. The van der Waals surface area contributed by atoms with E-state index in [1.165, 1.54) is 6.07 Å². The van der Waals surface area contributed by atoms with Crippen molar-refractivity contribution in [2.75, 3.05) is 5.32 Å². The first kappa shape index (κ1) is 14.8. The number of benzene rings is 1. The number of hydrogen-bond donors (Lipinski definition) is 3. The Morgan fingerprint density at radius 2 is 2.00 bits per heavy atom. The zero-order chi connectivity index (χ0) is 15.6. The van der Waals surface area contributed by atoms with E-state index in [1.54, 1.807) is 0 Å². The van der Waals surface area contributed by atoms with E-state index in [0.29, 0.717) is 5.39 Å². The van der Waals surface area contributed by atoms with E-state index in [4.69, 9.17) is 5.11 Å². The molecule has 1 heterocycles. The van der Waals surface area contributed by atoms with E-state index in [1.807, 2.05) is 0 Å². The molecule has 1 aromatic carbocycles. The van der Waals surface area contributed by atoms with Crippen LogP contribution in [0.4, 0.5) is 19.0 Å². The van der Waals surface area contributed by atoms with Crippen LogP contribution in [-0.4, -0.2) is 27.2 Å². The van der Waals surface area contributed by atoms with E-state index in [0.717, 1.165) is 12.1 Å². The van der Waals surface area contributed by atoms with Crippen LogP contribution in [0.15, 0.2) is 18.2 Å². The molecule has 0 fully saturated rings. The van der Waals surface area contributed by atoms with E-state index in [-0.39, 0.29) is 24.2 Å². The molecule has 6 nitrogen and oxygen atoms in total. The lowest BCUT2D eigenvalue weighted by atomic mass is 10.1. The summed E-state index contributed by atoms with van der Waals surface area (Å²) in [6.45, 7) is 0. The number of halogens is 3. The van der Waals surface area contributed by atoms with Gasteiger partial charge in [0.25, 0.3) is 0 Å². The predicted molar refractivity (Wildman–Crippen MR) is 66.6 cm³/mol. The number of carboxylic acids is 1. The van der Waals surface area contributed by atoms with Crippen LogP contribution in [0.25, 0.3) is 10.9 Å². The minimum absolute atomic E-state index is 0.0640. The van der Waals surface area contributed by atoms with Gasteiger partial charge in [-0.05, 0) is 18.2 Å². The highest BCUT2D eigenvalue weighted by Gasteiger charge is 2.30. The first-order chi connectivity index (χ1) is 9.77. The number of fused-ring (bicyclic) bond motifs is 1. The standard InChI is InChI=1S/C12H10F3N3O3/c13-12(14,15)6-1-2-7-8(5-6)17-18-11(7)16-9(19)3-4-10(20)21/h1-2,5H,3-4H2,(H,20,21)(H2,16,17,18,19). The summed E-state index contributed by atoms with van der Waals surface area (Å²) in [5, 5.41) is 17.2. The number of aromatic nitrogens is 2. The number of alkyl halides is 3. The first-order valence-electron chi connectivity index (χ1n) is 5.84. The molecule has 0 atom stereocenters. The third kappa shape index (κ3) is 3.50.